The molecule has 5 saturated heterocycles. The van der Waals surface area contributed by atoms with Crippen LogP contribution in [0.2, 0.25) is 0 Å². The zero-order chi connectivity index (χ0) is 41.2. The maximum absolute atomic E-state index is 13.5. The summed E-state index contributed by atoms with van der Waals surface area (Å²) >= 11 is 0. The highest BCUT2D eigenvalue weighted by atomic mass is 16.2. The lowest BCUT2D eigenvalue weighted by atomic mass is 9.89. The Bertz CT molecular complexity index is 2230. The van der Waals surface area contributed by atoms with Gasteiger partial charge in [0.05, 0.1) is 41.3 Å². The molecule has 1 aromatic carbocycles. The van der Waals surface area contributed by atoms with Crippen LogP contribution < -0.4 is 26.2 Å². The van der Waals surface area contributed by atoms with E-state index in [0.29, 0.717) is 30.5 Å². The van der Waals surface area contributed by atoms with E-state index in [1.165, 1.54) is 6.92 Å². The maximum atomic E-state index is 13.5. The Balaban J connectivity index is 0.770. The van der Waals surface area contributed by atoms with Crippen molar-refractivity contribution in [1.29, 1.82) is 0 Å². The minimum atomic E-state index is -1.42. The number of nitrogens with zero attached hydrogens (tertiary/aromatic N) is 10. The predicted octanol–water partition coefficient (Wildman–Crippen LogP) is 1.42. The van der Waals surface area contributed by atoms with Crippen LogP contribution in [-0.2, 0) is 9.59 Å². The molecule has 310 valence electrons. The number of benzene rings is 1. The van der Waals surface area contributed by atoms with E-state index < -0.39 is 35.1 Å². The van der Waals surface area contributed by atoms with E-state index in [1.54, 1.807) is 29.4 Å². The van der Waals surface area contributed by atoms with Gasteiger partial charge in [-0.3, -0.25) is 43.8 Å². The van der Waals surface area contributed by atoms with Gasteiger partial charge in [-0.1, -0.05) is 0 Å². The molecule has 2 aromatic heterocycles. The number of primary amides is 1. The number of carbonyl (C=O) groups excluding carboxylic acids is 6. The fourth-order valence-corrected chi connectivity index (χ4v) is 9.44. The van der Waals surface area contributed by atoms with E-state index in [9.17, 15) is 28.8 Å². The largest absolute Gasteiger partial charge is 0.371 e. The molecule has 9 rings (SSSR count). The summed E-state index contributed by atoms with van der Waals surface area (Å²) in [7, 11) is 1.82. The zero-order valence-corrected chi connectivity index (χ0v) is 33.3. The summed E-state index contributed by atoms with van der Waals surface area (Å²) in [6, 6.07) is 5.63. The molecule has 0 radical (unpaired) electrons. The van der Waals surface area contributed by atoms with Crippen molar-refractivity contribution >= 4 is 58.6 Å². The number of piperidine rings is 3. The lowest BCUT2D eigenvalue weighted by molar-refractivity contribution is -0.140. The first kappa shape index (κ1) is 38.4. The average Bonchev–Trinajstić information content (AvgIpc) is 3.89. The molecule has 0 saturated carbocycles. The summed E-state index contributed by atoms with van der Waals surface area (Å²) in [5.74, 6) is -1.36. The number of likely N-dealkylation sites (N-methyl/N-ethyl adjacent to an activating group) is 1. The number of hydrogen-bond donors (Lipinski definition) is 3. The smallest absolute Gasteiger partial charge is 0.320 e. The molecule has 0 aliphatic carbocycles. The molecule has 0 unspecified atom stereocenters. The zero-order valence-electron chi connectivity index (χ0n) is 33.3. The number of urea groups is 1. The lowest BCUT2D eigenvalue weighted by Crippen LogP contribution is -2.62. The van der Waals surface area contributed by atoms with Crippen molar-refractivity contribution in [3.05, 3.63) is 53.6 Å². The number of fused-ring (bicyclic) bond motifs is 1. The monoisotopic (exact) mass is 807 g/mol. The topological polar surface area (TPSA) is 216 Å². The first-order valence-electron chi connectivity index (χ1n) is 20.5. The second-order valence-corrected chi connectivity index (χ2v) is 16.9. The number of likely N-dealkylation sites (tertiary alicyclic amines) is 1. The van der Waals surface area contributed by atoms with Crippen molar-refractivity contribution in [3.8, 4) is 0 Å². The standard InChI is InChI=1S/C40H49N13O6/c1-40(10-7-32(54)46-38(40)58)53-36(56)29-6-5-26(16-30(29)37(53)57)49-12-8-24(9-13-49)19-48-21-28(22-48)52-20-25(17-43-52)44-35-33(34(41)55)42-18-31(45-35)50-11-3-4-27(23-50)51-15-14-47(2)39(51)59/h5-6,16-18,20,24,27-28H,3-4,7-15,19,21-23H2,1-2H3,(H2,41,55)(H,44,45)(H,46,54,58)/t27-,40+/m1/s1. The summed E-state index contributed by atoms with van der Waals surface area (Å²) in [6.45, 7) is 8.67. The van der Waals surface area contributed by atoms with Gasteiger partial charge in [-0.15, -0.1) is 0 Å². The molecule has 3 aromatic rings. The van der Waals surface area contributed by atoms with Gasteiger partial charge in [-0.25, -0.2) is 14.8 Å². The summed E-state index contributed by atoms with van der Waals surface area (Å²) in [6.07, 6.45) is 9.13. The van der Waals surface area contributed by atoms with Crippen molar-refractivity contribution in [1.82, 2.24) is 44.7 Å². The Morgan fingerprint density at radius 1 is 0.932 bits per heavy atom. The van der Waals surface area contributed by atoms with E-state index in [-0.39, 0.29) is 53.6 Å². The van der Waals surface area contributed by atoms with Gasteiger partial charge in [-0.2, -0.15) is 5.10 Å². The van der Waals surface area contributed by atoms with E-state index in [0.717, 1.165) is 82.1 Å². The first-order valence-corrected chi connectivity index (χ1v) is 20.5. The normalized spacial score (nSPS) is 24.5. The highest BCUT2D eigenvalue weighted by Crippen LogP contribution is 2.37. The van der Waals surface area contributed by atoms with Crippen molar-refractivity contribution in [2.75, 3.05) is 81.1 Å². The van der Waals surface area contributed by atoms with Gasteiger partial charge >= 0.3 is 6.03 Å². The van der Waals surface area contributed by atoms with Crippen LogP contribution in [0.4, 0.5) is 27.8 Å². The van der Waals surface area contributed by atoms with Crippen LogP contribution in [0.5, 0.6) is 0 Å². The Morgan fingerprint density at radius 2 is 1.71 bits per heavy atom. The fourth-order valence-electron chi connectivity index (χ4n) is 9.44. The fraction of sp³-hybridized carbons (Fsp3) is 0.525. The number of aromatic nitrogens is 4. The number of nitrogens with two attached hydrogens (primary N) is 1. The molecule has 19 heteroatoms. The van der Waals surface area contributed by atoms with Crippen LogP contribution in [0.1, 0.15) is 82.7 Å². The van der Waals surface area contributed by atoms with Crippen LogP contribution >= 0.6 is 0 Å². The van der Waals surface area contributed by atoms with Crippen molar-refractivity contribution in [2.45, 2.75) is 63.1 Å². The molecule has 0 spiro atoms. The van der Waals surface area contributed by atoms with Crippen LogP contribution in [0.3, 0.4) is 0 Å². The molecule has 59 heavy (non-hydrogen) atoms. The quantitative estimate of drug-likeness (QED) is 0.248. The highest BCUT2D eigenvalue weighted by molar-refractivity contribution is 6.24. The van der Waals surface area contributed by atoms with Crippen molar-refractivity contribution in [3.63, 3.8) is 0 Å². The molecular formula is C40H49N13O6. The van der Waals surface area contributed by atoms with Crippen molar-refractivity contribution in [2.24, 2.45) is 11.7 Å². The van der Waals surface area contributed by atoms with Gasteiger partial charge in [-0.05, 0) is 63.1 Å². The molecule has 6 aliphatic rings. The predicted molar refractivity (Wildman–Crippen MR) is 214 cm³/mol. The molecule has 19 nitrogen and oxygen atoms in total. The third-order valence-corrected chi connectivity index (χ3v) is 13.0. The second-order valence-electron chi connectivity index (χ2n) is 16.9. The van der Waals surface area contributed by atoms with Crippen molar-refractivity contribution < 1.29 is 28.8 Å². The van der Waals surface area contributed by atoms with Crippen LogP contribution in [0, 0.1) is 5.92 Å². The Labute approximate surface area is 340 Å². The number of carbonyl (C=O) groups is 6. The molecule has 2 atom stereocenters. The average molecular weight is 808 g/mol. The summed E-state index contributed by atoms with van der Waals surface area (Å²) in [5.41, 5.74) is 6.42. The Morgan fingerprint density at radius 3 is 2.44 bits per heavy atom. The van der Waals surface area contributed by atoms with Gasteiger partial charge in [0.15, 0.2) is 11.5 Å². The Hall–Kier alpha value is -6.11. The molecule has 6 aliphatic heterocycles. The summed E-state index contributed by atoms with van der Waals surface area (Å²) < 4.78 is 1.93. The summed E-state index contributed by atoms with van der Waals surface area (Å²) in [5, 5.41) is 10.1. The molecule has 8 heterocycles. The molecule has 7 amide bonds. The lowest BCUT2D eigenvalue weighted by Gasteiger charge is -2.43. The minimum absolute atomic E-state index is 0.0397. The number of anilines is 4. The van der Waals surface area contributed by atoms with E-state index in [2.05, 4.69) is 35.4 Å². The van der Waals surface area contributed by atoms with Crippen LogP contribution in [-0.4, -0.2) is 152 Å². The number of imide groups is 2. The van der Waals surface area contributed by atoms with E-state index in [1.807, 2.05) is 28.9 Å². The number of rotatable bonds is 10. The van der Waals surface area contributed by atoms with Gasteiger partial charge in [0, 0.05) is 84.3 Å². The highest BCUT2D eigenvalue weighted by Gasteiger charge is 2.52. The molecular weight excluding hydrogens is 759 g/mol. The molecule has 4 N–H and O–H groups in total. The third-order valence-electron chi connectivity index (χ3n) is 13.0. The number of nitrogens with one attached hydrogen (secondary N) is 2. The second kappa shape index (κ2) is 14.9. The van der Waals surface area contributed by atoms with E-state index >= 15 is 0 Å². The number of amides is 7. The molecule has 0 bridgehead atoms. The van der Waals surface area contributed by atoms with Gasteiger partial charge < -0.3 is 30.7 Å². The Kier molecular flexibility index (Phi) is 9.72. The van der Waals surface area contributed by atoms with Crippen LogP contribution in [0.15, 0.2) is 36.8 Å². The maximum Gasteiger partial charge on any atom is 0.320 e. The third kappa shape index (κ3) is 6.99. The van der Waals surface area contributed by atoms with Gasteiger partial charge in [0.1, 0.15) is 11.4 Å². The first-order chi connectivity index (χ1) is 28.4. The van der Waals surface area contributed by atoms with Crippen LogP contribution in [0.25, 0.3) is 0 Å². The van der Waals surface area contributed by atoms with Gasteiger partial charge in [0.2, 0.25) is 5.91 Å². The summed E-state index contributed by atoms with van der Waals surface area (Å²) in [4.78, 5) is 97.0. The minimum Gasteiger partial charge on any atom is -0.371 e. The molecule has 5 fully saturated rings. The van der Waals surface area contributed by atoms with E-state index in [4.69, 9.17) is 10.7 Å². The SMILES string of the molecule is CN1CCN([C@@H]2CCCN(c3cnc(C(N)=O)c(Nc4cnn(C5CN(CC6CCN(c7ccc8c(c7)C(=O)N([C@@]7(C)CCC(=O)NC7=O)C8=O)CC6)C5)c4)n3)C2)C1=O. The number of hydrogen-bond acceptors (Lipinski definition) is 13. The van der Waals surface area contributed by atoms with Gasteiger partial charge in [0.25, 0.3) is 23.6 Å².